The highest BCUT2D eigenvalue weighted by molar-refractivity contribution is 6.33. The van der Waals surface area contributed by atoms with E-state index in [0.717, 1.165) is 0 Å². The average molecular weight is 290 g/mol. The van der Waals surface area contributed by atoms with Gasteiger partial charge in [-0.2, -0.15) is 18.4 Å². The number of anilines is 1. The second-order valence-corrected chi connectivity index (χ2v) is 4.88. The number of hydrogen-bond acceptors (Lipinski definition) is 3. The van der Waals surface area contributed by atoms with E-state index >= 15 is 0 Å². The van der Waals surface area contributed by atoms with Crippen molar-refractivity contribution in [2.75, 3.05) is 18.0 Å². The summed E-state index contributed by atoms with van der Waals surface area (Å²) in [5.74, 6) is -1.04. The lowest BCUT2D eigenvalue weighted by molar-refractivity contribution is -0.176. The summed E-state index contributed by atoms with van der Waals surface area (Å²) in [5, 5.41) is 8.91. The fraction of sp³-hybridized carbons (Fsp3) is 0.500. The highest BCUT2D eigenvalue weighted by Gasteiger charge is 2.42. The summed E-state index contributed by atoms with van der Waals surface area (Å²) >= 11 is 5.97. The molecule has 1 fully saturated rings. The predicted molar refractivity (Wildman–Crippen MR) is 65.0 cm³/mol. The SMILES string of the molecule is N#Cc1cnc(N2CCC[C@H](C(F)(F)F)C2)c(Cl)c1. The first-order valence-corrected chi connectivity index (χ1v) is 6.17. The Bertz CT molecular complexity index is 510. The minimum atomic E-state index is -4.20. The van der Waals surface area contributed by atoms with Crippen LogP contribution >= 0.6 is 11.6 Å². The number of aromatic nitrogens is 1. The molecule has 1 saturated heterocycles. The van der Waals surface area contributed by atoms with E-state index < -0.39 is 12.1 Å². The second-order valence-electron chi connectivity index (χ2n) is 4.47. The Morgan fingerprint density at radius 2 is 2.21 bits per heavy atom. The Morgan fingerprint density at radius 1 is 1.47 bits per heavy atom. The van der Waals surface area contributed by atoms with Crippen LogP contribution in [0.1, 0.15) is 18.4 Å². The normalized spacial score (nSPS) is 20.2. The molecule has 102 valence electrons. The lowest BCUT2D eigenvalue weighted by atomic mass is 9.97. The van der Waals surface area contributed by atoms with E-state index in [1.54, 1.807) is 0 Å². The van der Waals surface area contributed by atoms with Gasteiger partial charge in [-0.25, -0.2) is 4.98 Å². The maximum Gasteiger partial charge on any atom is 0.393 e. The minimum absolute atomic E-state index is 0.133. The van der Waals surface area contributed by atoms with Crippen molar-refractivity contribution in [1.29, 1.82) is 5.26 Å². The number of halogens is 4. The quantitative estimate of drug-likeness (QED) is 0.795. The molecule has 0 unspecified atom stereocenters. The van der Waals surface area contributed by atoms with Crippen molar-refractivity contribution in [3.8, 4) is 6.07 Å². The number of piperidine rings is 1. The van der Waals surface area contributed by atoms with Crippen molar-refractivity contribution in [2.45, 2.75) is 19.0 Å². The van der Waals surface area contributed by atoms with Crippen molar-refractivity contribution in [3.63, 3.8) is 0 Å². The highest BCUT2D eigenvalue weighted by Crippen LogP contribution is 2.35. The van der Waals surface area contributed by atoms with Gasteiger partial charge in [-0.1, -0.05) is 11.6 Å². The van der Waals surface area contributed by atoms with Crippen LogP contribution in [0.25, 0.3) is 0 Å². The van der Waals surface area contributed by atoms with E-state index in [2.05, 4.69) is 4.98 Å². The molecular formula is C12H11ClF3N3. The summed E-state index contributed by atoms with van der Waals surface area (Å²) in [5.41, 5.74) is 0.290. The van der Waals surface area contributed by atoms with Crippen LogP contribution in [0.3, 0.4) is 0 Å². The number of nitrogens with zero attached hydrogens (tertiary/aromatic N) is 3. The molecule has 1 aromatic heterocycles. The van der Waals surface area contributed by atoms with Crippen LogP contribution < -0.4 is 4.90 Å². The van der Waals surface area contributed by atoms with Gasteiger partial charge in [0.25, 0.3) is 0 Å². The van der Waals surface area contributed by atoms with Crippen LogP contribution in [0.4, 0.5) is 19.0 Å². The molecule has 0 aromatic carbocycles. The molecule has 0 N–H and O–H groups in total. The van der Waals surface area contributed by atoms with Crippen LogP contribution in [-0.4, -0.2) is 24.2 Å². The molecule has 7 heteroatoms. The van der Waals surface area contributed by atoms with Crippen LogP contribution in [0.2, 0.25) is 5.02 Å². The summed E-state index contributed by atoms with van der Waals surface area (Å²) in [6.07, 6.45) is -2.30. The standard InChI is InChI=1S/C12H11ClF3N3/c13-10-4-8(5-17)6-18-11(10)19-3-1-2-9(7-19)12(14,15)16/h4,6,9H,1-3,7H2/t9-/m0/s1. The van der Waals surface area contributed by atoms with Crippen LogP contribution in [-0.2, 0) is 0 Å². The van der Waals surface area contributed by atoms with Gasteiger partial charge in [-0.3, -0.25) is 0 Å². The number of nitriles is 1. The Labute approximate surface area is 113 Å². The van der Waals surface area contributed by atoms with E-state index in [4.69, 9.17) is 16.9 Å². The van der Waals surface area contributed by atoms with Gasteiger partial charge < -0.3 is 4.90 Å². The molecule has 1 aliphatic rings. The Hall–Kier alpha value is -1.48. The zero-order valence-electron chi connectivity index (χ0n) is 9.91. The molecule has 0 radical (unpaired) electrons. The average Bonchev–Trinajstić information content (AvgIpc) is 2.37. The van der Waals surface area contributed by atoms with Crippen molar-refractivity contribution < 1.29 is 13.2 Å². The third kappa shape index (κ3) is 3.10. The summed E-state index contributed by atoms with van der Waals surface area (Å²) in [6, 6.07) is 3.30. The molecule has 0 saturated carbocycles. The Balaban J connectivity index is 2.20. The number of pyridine rings is 1. The molecule has 0 spiro atoms. The van der Waals surface area contributed by atoms with Crippen LogP contribution in [0.5, 0.6) is 0 Å². The molecule has 1 aromatic rings. The van der Waals surface area contributed by atoms with Gasteiger partial charge in [0, 0.05) is 19.3 Å². The van der Waals surface area contributed by atoms with Gasteiger partial charge >= 0.3 is 6.18 Å². The topological polar surface area (TPSA) is 39.9 Å². The van der Waals surface area contributed by atoms with Gasteiger partial charge in [-0.05, 0) is 18.9 Å². The molecule has 0 amide bonds. The molecule has 1 atom stereocenters. The summed E-state index contributed by atoms with van der Waals surface area (Å²) < 4.78 is 38.2. The molecule has 19 heavy (non-hydrogen) atoms. The van der Waals surface area contributed by atoms with Gasteiger partial charge in [-0.15, -0.1) is 0 Å². The maximum atomic E-state index is 12.7. The number of hydrogen-bond donors (Lipinski definition) is 0. The third-order valence-electron chi connectivity index (χ3n) is 3.13. The summed E-state index contributed by atoms with van der Waals surface area (Å²) in [6.45, 7) is 0.354. The lowest BCUT2D eigenvalue weighted by Crippen LogP contribution is -2.42. The summed E-state index contributed by atoms with van der Waals surface area (Å²) in [7, 11) is 0. The molecule has 0 bridgehead atoms. The molecule has 1 aliphatic heterocycles. The first-order valence-electron chi connectivity index (χ1n) is 5.79. The van der Waals surface area contributed by atoms with E-state index in [1.165, 1.54) is 17.2 Å². The zero-order valence-corrected chi connectivity index (χ0v) is 10.7. The van der Waals surface area contributed by atoms with Crippen molar-refractivity contribution in [1.82, 2.24) is 4.98 Å². The zero-order chi connectivity index (χ0) is 14.0. The first kappa shape index (κ1) is 13.9. The monoisotopic (exact) mass is 289 g/mol. The Kier molecular flexibility index (Phi) is 3.85. The molecule has 0 aliphatic carbocycles. The number of rotatable bonds is 1. The minimum Gasteiger partial charge on any atom is -0.355 e. The Morgan fingerprint density at radius 3 is 2.79 bits per heavy atom. The van der Waals surface area contributed by atoms with Gasteiger partial charge in [0.05, 0.1) is 16.5 Å². The second kappa shape index (κ2) is 5.25. The first-order chi connectivity index (χ1) is 8.91. The van der Waals surface area contributed by atoms with Gasteiger partial charge in [0.1, 0.15) is 11.9 Å². The van der Waals surface area contributed by atoms with Gasteiger partial charge in [0.2, 0.25) is 0 Å². The fourth-order valence-electron chi connectivity index (χ4n) is 2.16. The van der Waals surface area contributed by atoms with Crippen molar-refractivity contribution >= 4 is 17.4 Å². The van der Waals surface area contributed by atoms with Crippen molar-refractivity contribution in [2.24, 2.45) is 5.92 Å². The van der Waals surface area contributed by atoms with Crippen LogP contribution in [0.15, 0.2) is 12.3 Å². The van der Waals surface area contributed by atoms with E-state index in [9.17, 15) is 13.2 Å². The molecule has 2 heterocycles. The highest BCUT2D eigenvalue weighted by atomic mass is 35.5. The van der Waals surface area contributed by atoms with Crippen LogP contribution in [0, 0.1) is 17.2 Å². The smallest absolute Gasteiger partial charge is 0.355 e. The van der Waals surface area contributed by atoms with E-state index in [1.807, 2.05) is 6.07 Å². The fourth-order valence-corrected chi connectivity index (χ4v) is 2.45. The molecule has 2 rings (SSSR count). The van der Waals surface area contributed by atoms with E-state index in [-0.39, 0.29) is 23.6 Å². The predicted octanol–water partition coefficient (Wildman–Crippen LogP) is 3.39. The van der Waals surface area contributed by atoms with Gasteiger partial charge in [0.15, 0.2) is 0 Å². The van der Waals surface area contributed by atoms with Crippen molar-refractivity contribution in [3.05, 3.63) is 22.8 Å². The lowest BCUT2D eigenvalue weighted by Gasteiger charge is -2.34. The third-order valence-corrected chi connectivity index (χ3v) is 3.41. The largest absolute Gasteiger partial charge is 0.393 e. The molecular weight excluding hydrogens is 279 g/mol. The number of alkyl halides is 3. The maximum absolute atomic E-state index is 12.7. The summed E-state index contributed by atoms with van der Waals surface area (Å²) in [4.78, 5) is 5.53. The molecule has 3 nitrogen and oxygen atoms in total. The van der Waals surface area contributed by atoms with E-state index in [0.29, 0.717) is 18.8 Å².